The highest BCUT2D eigenvalue weighted by Gasteiger charge is 2.45. The number of halogens is 1. The molecular formula is C12H13BrN2O2. The SMILES string of the molecule is O=C(O)N1CC2C[C@H]1CN2c1ccc(Br)cc1. The minimum absolute atomic E-state index is 0.168. The van der Waals surface area contributed by atoms with Crippen LogP contribution in [0.3, 0.4) is 0 Å². The molecule has 1 unspecified atom stereocenters. The van der Waals surface area contributed by atoms with Crippen LogP contribution >= 0.6 is 15.9 Å². The van der Waals surface area contributed by atoms with Crippen molar-refractivity contribution in [3.05, 3.63) is 28.7 Å². The summed E-state index contributed by atoms with van der Waals surface area (Å²) in [6.07, 6.45) is 0.176. The molecule has 1 amide bonds. The Bertz CT molecular complexity index is 448. The lowest BCUT2D eigenvalue weighted by atomic mass is 10.2. The third kappa shape index (κ3) is 1.78. The largest absolute Gasteiger partial charge is 0.465 e. The molecule has 0 saturated carbocycles. The maximum Gasteiger partial charge on any atom is 0.407 e. The van der Waals surface area contributed by atoms with Gasteiger partial charge in [-0.2, -0.15) is 0 Å². The van der Waals surface area contributed by atoms with Gasteiger partial charge in [0.1, 0.15) is 0 Å². The van der Waals surface area contributed by atoms with Gasteiger partial charge in [-0.05, 0) is 30.7 Å². The van der Waals surface area contributed by atoms with Crippen LogP contribution in [0.1, 0.15) is 6.42 Å². The summed E-state index contributed by atoms with van der Waals surface area (Å²) >= 11 is 3.42. The van der Waals surface area contributed by atoms with E-state index in [9.17, 15) is 4.79 Å². The number of hydrogen-bond donors (Lipinski definition) is 1. The first-order valence-corrected chi connectivity index (χ1v) is 6.46. The van der Waals surface area contributed by atoms with Gasteiger partial charge in [0.2, 0.25) is 0 Å². The molecule has 2 atom stereocenters. The molecule has 0 aromatic heterocycles. The molecule has 17 heavy (non-hydrogen) atoms. The van der Waals surface area contributed by atoms with E-state index in [1.807, 2.05) is 12.1 Å². The van der Waals surface area contributed by atoms with Gasteiger partial charge in [0.05, 0.1) is 6.04 Å². The molecule has 5 heteroatoms. The van der Waals surface area contributed by atoms with Crippen LogP contribution in [0.25, 0.3) is 0 Å². The van der Waals surface area contributed by atoms with Crippen molar-refractivity contribution in [3.8, 4) is 0 Å². The topological polar surface area (TPSA) is 43.8 Å². The van der Waals surface area contributed by atoms with Crippen molar-refractivity contribution in [1.29, 1.82) is 0 Å². The number of amides is 1. The molecule has 0 radical (unpaired) electrons. The van der Waals surface area contributed by atoms with E-state index in [0.29, 0.717) is 12.6 Å². The van der Waals surface area contributed by atoms with Crippen molar-refractivity contribution in [2.45, 2.75) is 18.5 Å². The van der Waals surface area contributed by atoms with E-state index in [1.54, 1.807) is 4.90 Å². The lowest BCUT2D eigenvalue weighted by Crippen LogP contribution is -2.48. The van der Waals surface area contributed by atoms with E-state index in [0.717, 1.165) is 17.4 Å². The Hall–Kier alpha value is -1.23. The number of piperazine rings is 1. The fourth-order valence-corrected chi connectivity index (χ4v) is 3.11. The van der Waals surface area contributed by atoms with E-state index < -0.39 is 6.09 Å². The van der Waals surface area contributed by atoms with Crippen molar-refractivity contribution >= 4 is 27.7 Å². The third-order valence-electron chi connectivity index (χ3n) is 3.64. The molecule has 2 aliphatic rings. The van der Waals surface area contributed by atoms with E-state index in [1.165, 1.54) is 5.69 Å². The Labute approximate surface area is 108 Å². The predicted molar refractivity (Wildman–Crippen MR) is 68.4 cm³/mol. The fourth-order valence-electron chi connectivity index (χ4n) is 2.85. The molecule has 2 heterocycles. The first kappa shape index (κ1) is 10.9. The molecule has 3 rings (SSSR count). The maximum absolute atomic E-state index is 11.0. The van der Waals surface area contributed by atoms with Gasteiger partial charge in [-0.3, -0.25) is 0 Å². The second-order valence-corrected chi connectivity index (χ2v) is 5.52. The van der Waals surface area contributed by atoms with Crippen molar-refractivity contribution in [2.75, 3.05) is 18.0 Å². The van der Waals surface area contributed by atoms with Crippen molar-refractivity contribution in [2.24, 2.45) is 0 Å². The normalized spacial score (nSPS) is 26.6. The first-order chi connectivity index (χ1) is 8.15. The number of anilines is 1. The molecule has 1 N–H and O–H groups in total. The molecule has 1 aromatic rings. The van der Waals surface area contributed by atoms with Gasteiger partial charge < -0.3 is 14.9 Å². The van der Waals surface area contributed by atoms with Gasteiger partial charge in [0.25, 0.3) is 0 Å². The summed E-state index contributed by atoms with van der Waals surface area (Å²) in [6.45, 7) is 1.45. The zero-order chi connectivity index (χ0) is 12.0. The van der Waals surface area contributed by atoms with Crippen LogP contribution in [0.15, 0.2) is 28.7 Å². The van der Waals surface area contributed by atoms with Crippen LogP contribution in [0.4, 0.5) is 10.5 Å². The summed E-state index contributed by atoms with van der Waals surface area (Å²) in [5, 5.41) is 9.03. The number of fused-ring (bicyclic) bond motifs is 2. The third-order valence-corrected chi connectivity index (χ3v) is 4.17. The Morgan fingerprint density at radius 3 is 2.47 bits per heavy atom. The number of carbonyl (C=O) groups is 1. The standard InChI is InChI=1S/C12H13BrN2O2/c13-8-1-3-9(4-2-8)14-6-11-5-10(14)7-15(11)12(16)17/h1-4,10-11H,5-7H2,(H,16,17)/t10?,11-/m0/s1. The first-order valence-electron chi connectivity index (χ1n) is 5.67. The molecule has 2 fully saturated rings. The van der Waals surface area contributed by atoms with Gasteiger partial charge in [-0.15, -0.1) is 0 Å². The van der Waals surface area contributed by atoms with Crippen molar-refractivity contribution in [1.82, 2.24) is 4.90 Å². The summed E-state index contributed by atoms with van der Waals surface area (Å²) < 4.78 is 1.07. The number of nitrogens with zero attached hydrogens (tertiary/aromatic N) is 2. The lowest BCUT2D eigenvalue weighted by molar-refractivity contribution is 0.137. The molecule has 4 nitrogen and oxygen atoms in total. The maximum atomic E-state index is 11.0. The average molecular weight is 297 g/mol. The van der Waals surface area contributed by atoms with Crippen molar-refractivity contribution < 1.29 is 9.90 Å². The highest BCUT2D eigenvalue weighted by atomic mass is 79.9. The van der Waals surface area contributed by atoms with Crippen molar-refractivity contribution in [3.63, 3.8) is 0 Å². The number of benzene rings is 1. The fraction of sp³-hybridized carbons (Fsp3) is 0.417. The molecule has 1 aromatic carbocycles. The van der Waals surface area contributed by atoms with Gasteiger partial charge >= 0.3 is 6.09 Å². The minimum Gasteiger partial charge on any atom is -0.465 e. The molecule has 2 saturated heterocycles. The molecule has 0 aliphatic carbocycles. The summed E-state index contributed by atoms with van der Waals surface area (Å²) in [6, 6.07) is 8.72. The average Bonchev–Trinajstić information content (AvgIpc) is 2.89. The quantitative estimate of drug-likeness (QED) is 0.865. The highest BCUT2D eigenvalue weighted by Crippen LogP contribution is 2.34. The predicted octanol–water partition coefficient (Wildman–Crippen LogP) is 2.39. The van der Waals surface area contributed by atoms with Crippen LogP contribution in [0.2, 0.25) is 0 Å². The van der Waals surface area contributed by atoms with E-state index in [-0.39, 0.29) is 6.04 Å². The van der Waals surface area contributed by atoms with Gasteiger partial charge in [0, 0.05) is 29.3 Å². The zero-order valence-electron chi connectivity index (χ0n) is 9.21. The summed E-state index contributed by atoms with van der Waals surface area (Å²) in [5.41, 5.74) is 1.19. The Morgan fingerprint density at radius 2 is 1.94 bits per heavy atom. The van der Waals surface area contributed by atoms with Crippen LogP contribution < -0.4 is 4.90 Å². The molecule has 2 bridgehead atoms. The summed E-state index contributed by atoms with van der Waals surface area (Å²) in [5.74, 6) is 0. The minimum atomic E-state index is -0.784. The van der Waals surface area contributed by atoms with Crippen LogP contribution in [0.5, 0.6) is 0 Å². The molecule has 2 aliphatic heterocycles. The van der Waals surface area contributed by atoms with Crippen LogP contribution in [-0.2, 0) is 0 Å². The number of hydrogen-bond acceptors (Lipinski definition) is 2. The Morgan fingerprint density at radius 1 is 1.24 bits per heavy atom. The zero-order valence-corrected chi connectivity index (χ0v) is 10.8. The summed E-state index contributed by atoms with van der Waals surface area (Å²) in [7, 11) is 0. The van der Waals surface area contributed by atoms with E-state index >= 15 is 0 Å². The van der Waals surface area contributed by atoms with Crippen LogP contribution in [-0.4, -0.2) is 41.3 Å². The van der Waals surface area contributed by atoms with E-state index in [2.05, 4.69) is 33.0 Å². The molecule has 90 valence electrons. The highest BCUT2D eigenvalue weighted by molar-refractivity contribution is 9.10. The van der Waals surface area contributed by atoms with Gasteiger partial charge in [-0.25, -0.2) is 4.79 Å². The molecule has 0 spiro atoms. The van der Waals surface area contributed by atoms with E-state index in [4.69, 9.17) is 5.11 Å². The van der Waals surface area contributed by atoms with Gasteiger partial charge in [0.15, 0.2) is 0 Å². The number of rotatable bonds is 1. The number of likely N-dealkylation sites (tertiary alicyclic amines) is 1. The Kier molecular flexibility index (Phi) is 2.50. The monoisotopic (exact) mass is 296 g/mol. The number of carboxylic acid groups (broad SMARTS) is 1. The second-order valence-electron chi connectivity index (χ2n) is 4.61. The lowest BCUT2D eigenvalue weighted by Gasteiger charge is -2.34. The van der Waals surface area contributed by atoms with Crippen LogP contribution in [0, 0.1) is 0 Å². The smallest absolute Gasteiger partial charge is 0.407 e. The second kappa shape index (κ2) is 3.91. The molecular weight excluding hydrogens is 284 g/mol. The summed E-state index contributed by atoms with van der Waals surface area (Å²) in [4.78, 5) is 14.9. The Balaban J connectivity index is 1.78. The van der Waals surface area contributed by atoms with Gasteiger partial charge in [-0.1, -0.05) is 15.9 Å².